The van der Waals surface area contributed by atoms with Gasteiger partial charge in [0, 0.05) is 23.2 Å². The number of anilines is 2. The molecule has 1 amide bonds. The van der Waals surface area contributed by atoms with Crippen LogP contribution in [0.5, 0.6) is 5.75 Å². The monoisotopic (exact) mass is 373 g/mol. The zero-order chi connectivity index (χ0) is 18.8. The van der Waals surface area contributed by atoms with Gasteiger partial charge in [0.1, 0.15) is 17.4 Å². The van der Waals surface area contributed by atoms with Gasteiger partial charge in [-0.2, -0.15) is 0 Å². The standard InChI is InChI=1S/C18H15ClFN4O2/c1-9(2)26-11-4-5-12-15(8-11)23-18(16(21)25)24-17(12)22-10-3-6-14(20)13(19)7-10/h3,5-9H,1-2H3,(H2,21,25)(H,22,23,24). The molecule has 0 fully saturated rings. The highest BCUT2D eigenvalue weighted by molar-refractivity contribution is 6.31. The molecule has 1 aromatic heterocycles. The van der Waals surface area contributed by atoms with E-state index in [4.69, 9.17) is 22.1 Å². The van der Waals surface area contributed by atoms with Crippen molar-refractivity contribution in [2.24, 2.45) is 5.73 Å². The molecule has 0 aliphatic rings. The number of fused-ring (bicyclic) bond motifs is 1. The number of halogens is 2. The van der Waals surface area contributed by atoms with Gasteiger partial charge < -0.3 is 15.8 Å². The number of hydrogen-bond donors (Lipinski definition) is 2. The number of aromatic nitrogens is 2. The molecule has 0 bridgehead atoms. The summed E-state index contributed by atoms with van der Waals surface area (Å²) in [5.41, 5.74) is 6.28. The van der Waals surface area contributed by atoms with E-state index >= 15 is 0 Å². The second kappa shape index (κ2) is 7.13. The molecule has 1 radical (unpaired) electrons. The van der Waals surface area contributed by atoms with E-state index in [1.54, 1.807) is 12.1 Å². The van der Waals surface area contributed by atoms with Gasteiger partial charge in [0.25, 0.3) is 5.91 Å². The predicted molar refractivity (Wildman–Crippen MR) is 97.3 cm³/mol. The number of benzene rings is 2. The fourth-order valence-electron chi connectivity index (χ4n) is 2.29. The lowest BCUT2D eigenvalue weighted by Crippen LogP contribution is -2.16. The summed E-state index contributed by atoms with van der Waals surface area (Å²) in [7, 11) is 0. The fraction of sp³-hybridized carbons (Fsp3) is 0.167. The summed E-state index contributed by atoms with van der Waals surface area (Å²) in [6, 6.07) is 10.4. The Morgan fingerprint density at radius 3 is 2.77 bits per heavy atom. The minimum atomic E-state index is -0.772. The maximum absolute atomic E-state index is 13.3. The van der Waals surface area contributed by atoms with Crippen LogP contribution in [-0.2, 0) is 0 Å². The highest BCUT2D eigenvalue weighted by atomic mass is 35.5. The number of nitrogens with one attached hydrogen (secondary N) is 1. The molecule has 0 saturated heterocycles. The molecular weight excluding hydrogens is 359 g/mol. The van der Waals surface area contributed by atoms with Crippen LogP contribution >= 0.6 is 11.6 Å². The van der Waals surface area contributed by atoms with Crippen LogP contribution in [0.4, 0.5) is 15.9 Å². The van der Waals surface area contributed by atoms with E-state index in [9.17, 15) is 9.18 Å². The second-order valence-corrected chi connectivity index (χ2v) is 6.18. The summed E-state index contributed by atoms with van der Waals surface area (Å²) >= 11 is 5.80. The van der Waals surface area contributed by atoms with Crippen molar-refractivity contribution in [3.05, 3.63) is 53.1 Å². The molecule has 6 nitrogen and oxygen atoms in total. The number of hydrogen-bond acceptors (Lipinski definition) is 5. The van der Waals surface area contributed by atoms with Crippen molar-refractivity contribution in [3.8, 4) is 5.75 Å². The van der Waals surface area contributed by atoms with E-state index in [0.717, 1.165) is 0 Å². The highest BCUT2D eigenvalue weighted by Crippen LogP contribution is 2.28. The largest absolute Gasteiger partial charge is 0.490 e. The lowest BCUT2D eigenvalue weighted by Gasteiger charge is -2.13. The van der Waals surface area contributed by atoms with Gasteiger partial charge in [0.2, 0.25) is 5.82 Å². The van der Waals surface area contributed by atoms with Crippen LogP contribution in [0.1, 0.15) is 24.5 Å². The summed E-state index contributed by atoms with van der Waals surface area (Å²) in [4.78, 5) is 19.9. The Balaban J connectivity index is 2.09. The van der Waals surface area contributed by atoms with Gasteiger partial charge in [-0.1, -0.05) is 11.6 Å². The molecule has 8 heteroatoms. The zero-order valence-corrected chi connectivity index (χ0v) is 14.8. The Hall–Kier alpha value is -2.93. The molecular formula is C18H15ClFN4O2. The molecule has 3 aromatic rings. The fourth-order valence-corrected chi connectivity index (χ4v) is 2.47. The van der Waals surface area contributed by atoms with Gasteiger partial charge in [0.15, 0.2) is 0 Å². The molecule has 0 aliphatic heterocycles. The quantitative estimate of drug-likeness (QED) is 0.708. The summed E-state index contributed by atoms with van der Waals surface area (Å²) in [6.07, 6.45) is -0.0416. The van der Waals surface area contributed by atoms with Gasteiger partial charge in [-0.3, -0.25) is 4.79 Å². The van der Waals surface area contributed by atoms with E-state index in [2.05, 4.69) is 21.4 Å². The number of nitrogens with zero attached hydrogens (tertiary/aromatic N) is 2. The molecule has 2 aromatic carbocycles. The Labute approximate surface area is 154 Å². The molecule has 0 aliphatic carbocycles. The first-order valence-electron chi connectivity index (χ1n) is 7.75. The number of rotatable bonds is 5. The lowest BCUT2D eigenvalue weighted by molar-refractivity contribution is 0.0991. The minimum Gasteiger partial charge on any atom is -0.490 e. The molecule has 3 N–H and O–H groups in total. The van der Waals surface area contributed by atoms with Crippen LogP contribution in [0, 0.1) is 11.9 Å². The SMILES string of the molecule is CC(C)Oc1[c]cc2c(Nc3ccc(F)c(Cl)c3)nc(C(N)=O)nc2c1. The lowest BCUT2D eigenvalue weighted by atomic mass is 10.2. The predicted octanol–water partition coefficient (Wildman–Crippen LogP) is 3.85. The molecule has 1 heterocycles. The highest BCUT2D eigenvalue weighted by Gasteiger charge is 2.14. The van der Waals surface area contributed by atoms with Crippen LogP contribution in [0.3, 0.4) is 0 Å². The molecule has 0 saturated carbocycles. The number of ether oxygens (including phenoxy) is 1. The van der Waals surface area contributed by atoms with Crippen molar-refractivity contribution in [2.45, 2.75) is 20.0 Å². The normalized spacial score (nSPS) is 11.0. The third kappa shape index (κ3) is 3.83. The van der Waals surface area contributed by atoms with Crippen molar-refractivity contribution in [1.29, 1.82) is 0 Å². The van der Waals surface area contributed by atoms with E-state index in [1.807, 2.05) is 13.8 Å². The van der Waals surface area contributed by atoms with Gasteiger partial charge >= 0.3 is 0 Å². The third-order valence-electron chi connectivity index (χ3n) is 3.37. The molecule has 26 heavy (non-hydrogen) atoms. The number of primary amides is 1. The summed E-state index contributed by atoms with van der Waals surface area (Å²) in [6.45, 7) is 3.77. The van der Waals surface area contributed by atoms with Crippen molar-refractivity contribution in [3.63, 3.8) is 0 Å². The van der Waals surface area contributed by atoms with Crippen molar-refractivity contribution >= 4 is 39.9 Å². The average molecular weight is 374 g/mol. The average Bonchev–Trinajstić information content (AvgIpc) is 2.57. The Morgan fingerprint density at radius 1 is 1.35 bits per heavy atom. The second-order valence-electron chi connectivity index (χ2n) is 5.78. The van der Waals surface area contributed by atoms with Crippen molar-refractivity contribution in [1.82, 2.24) is 9.97 Å². The van der Waals surface area contributed by atoms with Crippen molar-refractivity contribution < 1.29 is 13.9 Å². The molecule has 0 unspecified atom stereocenters. The van der Waals surface area contributed by atoms with Crippen LogP contribution < -0.4 is 15.8 Å². The first kappa shape index (κ1) is 17.9. The zero-order valence-electron chi connectivity index (χ0n) is 14.0. The summed E-state index contributed by atoms with van der Waals surface area (Å²) in [5, 5.41) is 3.55. The third-order valence-corrected chi connectivity index (χ3v) is 3.66. The van der Waals surface area contributed by atoms with E-state index in [1.165, 1.54) is 18.2 Å². The minimum absolute atomic E-state index is 0.0392. The first-order valence-corrected chi connectivity index (χ1v) is 8.13. The number of amides is 1. The molecule has 3 rings (SSSR count). The smallest absolute Gasteiger partial charge is 0.286 e. The summed E-state index contributed by atoms with van der Waals surface area (Å²) < 4.78 is 18.9. The van der Waals surface area contributed by atoms with Crippen LogP contribution in [-0.4, -0.2) is 22.0 Å². The Morgan fingerprint density at radius 2 is 2.12 bits per heavy atom. The molecule has 133 valence electrons. The van der Waals surface area contributed by atoms with E-state index in [0.29, 0.717) is 28.2 Å². The van der Waals surface area contributed by atoms with Crippen LogP contribution in [0.25, 0.3) is 10.9 Å². The Kier molecular flexibility index (Phi) is 4.90. The Bertz CT molecular complexity index is 994. The van der Waals surface area contributed by atoms with Gasteiger partial charge in [-0.15, -0.1) is 0 Å². The van der Waals surface area contributed by atoms with E-state index in [-0.39, 0.29) is 17.0 Å². The maximum Gasteiger partial charge on any atom is 0.286 e. The van der Waals surface area contributed by atoms with Gasteiger partial charge in [-0.05, 0) is 38.1 Å². The first-order chi connectivity index (χ1) is 12.3. The summed E-state index contributed by atoms with van der Waals surface area (Å²) in [5.74, 6) is -0.663. The number of carbonyl (C=O) groups is 1. The number of nitrogens with two attached hydrogens (primary N) is 1. The molecule has 0 spiro atoms. The van der Waals surface area contributed by atoms with E-state index < -0.39 is 11.7 Å². The molecule has 0 atom stereocenters. The van der Waals surface area contributed by atoms with Gasteiger partial charge in [-0.25, -0.2) is 14.4 Å². The maximum atomic E-state index is 13.3. The number of carbonyl (C=O) groups excluding carboxylic acids is 1. The van der Waals surface area contributed by atoms with Gasteiger partial charge in [0.05, 0.1) is 16.6 Å². The van der Waals surface area contributed by atoms with Crippen LogP contribution in [0.2, 0.25) is 5.02 Å². The topological polar surface area (TPSA) is 90.1 Å². The van der Waals surface area contributed by atoms with Crippen molar-refractivity contribution in [2.75, 3.05) is 5.32 Å². The van der Waals surface area contributed by atoms with Crippen LogP contribution in [0.15, 0.2) is 30.3 Å².